The van der Waals surface area contributed by atoms with E-state index in [-0.39, 0.29) is 10.6 Å². The van der Waals surface area contributed by atoms with Crippen LogP contribution < -0.4 is 0 Å². The Balaban J connectivity index is 4.22. The molecule has 0 atom stereocenters. The molecule has 0 bridgehead atoms. The van der Waals surface area contributed by atoms with Gasteiger partial charge in [-0.1, -0.05) is 20.8 Å². The van der Waals surface area contributed by atoms with Crippen LogP contribution in [0.4, 0.5) is 4.79 Å². The third-order valence-corrected chi connectivity index (χ3v) is 8.94. The molecule has 0 unspecified atom stereocenters. The maximum absolute atomic E-state index is 11.0. The minimum absolute atomic E-state index is 0.223. The van der Waals surface area contributed by atoms with Crippen molar-refractivity contribution in [2.75, 3.05) is 13.7 Å². The third kappa shape index (κ3) is 5.53. The van der Waals surface area contributed by atoms with E-state index >= 15 is 0 Å². The molecular formula is C14H31NO3Si. The topological polar surface area (TPSA) is 49.8 Å². The van der Waals surface area contributed by atoms with Gasteiger partial charge in [-0.15, -0.1) is 0 Å². The zero-order valence-electron chi connectivity index (χ0n) is 13.8. The zero-order chi connectivity index (χ0) is 15.5. The van der Waals surface area contributed by atoms with Gasteiger partial charge in [0.15, 0.2) is 8.32 Å². The highest BCUT2D eigenvalue weighted by atomic mass is 28.4. The van der Waals surface area contributed by atoms with Gasteiger partial charge in [-0.25, -0.2) is 4.79 Å². The van der Waals surface area contributed by atoms with Crippen molar-refractivity contribution < 1.29 is 14.3 Å². The smallest absolute Gasteiger partial charge is 0.407 e. The van der Waals surface area contributed by atoms with Crippen molar-refractivity contribution in [1.29, 1.82) is 0 Å². The van der Waals surface area contributed by atoms with Gasteiger partial charge in [0, 0.05) is 19.2 Å². The van der Waals surface area contributed by atoms with Gasteiger partial charge in [0.1, 0.15) is 0 Å². The average molecular weight is 289 g/mol. The molecule has 0 aromatic rings. The lowest BCUT2D eigenvalue weighted by Crippen LogP contribution is -2.45. The Kier molecular flexibility index (Phi) is 6.08. The Morgan fingerprint density at radius 3 is 2.05 bits per heavy atom. The predicted octanol–water partition coefficient (Wildman–Crippen LogP) is 4.18. The number of hydrogen-bond acceptors (Lipinski definition) is 2. The summed E-state index contributed by atoms with van der Waals surface area (Å²) in [7, 11) is -0.0581. The Hall–Kier alpha value is -0.553. The summed E-state index contributed by atoms with van der Waals surface area (Å²) in [5.74, 6) is 0. The molecule has 0 aromatic carbocycles. The summed E-state index contributed by atoms with van der Waals surface area (Å²) in [4.78, 5) is 12.3. The van der Waals surface area contributed by atoms with Crippen LogP contribution >= 0.6 is 0 Å². The summed E-state index contributed by atoms with van der Waals surface area (Å²) < 4.78 is 6.10. The molecule has 114 valence electrons. The molecule has 0 aliphatic heterocycles. The molecule has 0 aromatic heterocycles. The zero-order valence-corrected chi connectivity index (χ0v) is 14.8. The first-order chi connectivity index (χ1) is 8.31. The number of carbonyl (C=O) groups is 1. The van der Waals surface area contributed by atoms with Crippen LogP contribution in [0.2, 0.25) is 18.1 Å². The second-order valence-electron chi connectivity index (χ2n) is 7.37. The van der Waals surface area contributed by atoms with Gasteiger partial charge in [0.25, 0.3) is 0 Å². The molecule has 4 nitrogen and oxygen atoms in total. The van der Waals surface area contributed by atoms with E-state index < -0.39 is 14.4 Å². The lowest BCUT2D eigenvalue weighted by molar-refractivity contribution is 0.101. The molecule has 0 rings (SSSR count). The van der Waals surface area contributed by atoms with Crippen LogP contribution in [0.5, 0.6) is 0 Å². The average Bonchev–Trinajstić information content (AvgIpc) is 2.21. The van der Waals surface area contributed by atoms with Gasteiger partial charge in [0.05, 0.1) is 0 Å². The molecule has 1 N–H and O–H groups in total. The van der Waals surface area contributed by atoms with Crippen molar-refractivity contribution in [2.45, 2.75) is 71.1 Å². The fraction of sp³-hybridized carbons (Fsp3) is 0.929. The van der Waals surface area contributed by atoms with Gasteiger partial charge in [-0.2, -0.15) is 0 Å². The van der Waals surface area contributed by atoms with Crippen molar-refractivity contribution in [3.05, 3.63) is 0 Å². The fourth-order valence-electron chi connectivity index (χ4n) is 1.48. The first kappa shape index (κ1) is 18.4. The van der Waals surface area contributed by atoms with Gasteiger partial charge in [-0.05, 0) is 44.8 Å². The number of carboxylic acid groups (broad SMARTS) is 1. The Bertz CT molecular complexity index is 308. The first-order valence-electron chi connectivity index (χ1n) is 6.92. The molecule has 0 radical (unpaired) electrons. The Morgan fingerprint density at radius 2 is 1.68 bits per heavy atom. The third-order valence-electron chi connectivity index (χ3n) is 4.40. The van der Waals surface area contributed by atoms with Crippen LogP contribution in [-0.2, 0) is 4.43 Å². The van der Waals surface area contributed by atoms with E-state index in [1.807, 2.05) is 13.8 Å². The standard InChI is InChI=1S/C14H31NO3Si/c1-13(2,3)19(7,8)18-11-9-10-14(4,5)15(6)12(16)17/h9-11H2,1-8H3,(H,16,17). The van der Waals surface area contributed by atoms with Crippen molar-refractivity contribution in [3.63, 3.8) is 0 Å². The Morgan fingerprint density at radius 1 is 1.21 bits per heavy atom. The molecule has 0 fully saturated rings. The quantitative estimate of drug-likeness (QED) is 0.589. The highest BCUT2D eigenvalue weighted by molar-refractivity contribution is 6.74. The van der Waals surface area contributed by atoms with Crippen molar-refractivity contribution >= 4 is 14.4 Å². The van der Waals surface area contributed by atoms with E-state index in [2.05, 4.69) is 33.9 Å². The van der Waals surface area contributed by atoms with Crippen LogP contribution in [0.1, 0.15) is 47.5 Å². The SMILES string of the molecule is CN(C(=O)O)C(C)(C)CCCO[Si](C)(C)C(C)(C)C. The monoisotopic (exact) mass is 289 g/mol. The van der Waals surface area contributed by atoms with Crippen LogP contribution in [0.15, 0.2) is 0 Å². The van der Waals surface area contributed by atoms with Gasteiger partial charge in [0.2, 0.25) is 0 Å². The lowest BCUT2D eigenvalue weighted by Gasteiger charge is -2.37. The summed E-state index contributed by atoms with van der Waals surface area (Å²) in [6.45, 7) is 15.8. The number of amides is 1. The van der Waals surface area contributed by atoms with E-state index in [1.165, 1.54) is 4.90 Å². The van der Waals surface area contributed by atoms with Crippen LogP contribution in [0.25, 0.3) is 0 Å². The maximum Gasteiger partial charge on any atom is 0.407 e. The molecule has 0 aliphatic carbocycles. The molecular weight excluding hydrogens is 258 g/mol. The van der Waals surface area contributed by atoms with Crippen molar-refractivity contribution in [1.82, 2.24) is 4.90 Å². The van der Waals surface area contributed by atoms with Crippen LogP contribution in [-0.4, -0.2) is 43.6 Å². The highest BCUT2D eigenvalue weighted by Crippen LogP contribution is 2.36. The maximum atomic E-state index is 11.0. The number of hydrogen-bond donors (Lipinski definition) is 1. The van der Waals surface area contributed by atoms with E-state index in [1.54, 1.807) is 7.05 Å². The molecule has 1 amide bonds. The second-order valence-corrected chi connectivity index (χ2v) is 12.2. The summed E-state index contributed by atoms with van der Waals surface area (Å²) in [6, 6.07) is 0. The summed E-state index contributed by atoms with van der Waals surface area (Å²) in [6.07, 6.45) is 0.817. The highest BCUT2D eigenvalue weighted by Gasteiger charge is 2.37. The number of rotatable bonds is 6. The molecule has 19 heavy (non-hydrogen) atoms. The lowest BCUT2D eigenvalue weighted by atomic mass is 9.97. The second kappa shape index (κ2) is 6.26. The first-order valence-corrected chi connectivity index (χ1v) is 9.83. The van der Waals surface area contributed by atoms with E-state index in [0.717, 1.165) is 12.8 Å². The Labute approximate surface area is 119 Å². The van der Waals surface area contributed by atoms with Gasteiger partial charge >= 0.3 is 6.09 Å². The minimum atomic E-state index is -1.68. The largest absolute Gasteiger partial charge is 0.465 e. The van der Waals surface area contributed by atoms with E-state index in [9.17, 15) is 4.79 Å². The molecule has 0 heterocycles. The summed E-state index contributed by atoms with van der Waals surface area (Å²) in [5, 5.41) is 9.23. The predicted molar refractivity (Wildman–Crippen MR) is 82.2 cm³/mol. The normalized spacial score (nSPS) is 13.5. The van der Waals surface area contributed by atoms with Crippen molar-refractivity contribution in [2.24, 2.45) is 0 Å². The molecule has 0 saturated carbocycles. The molecule has 5 heteroatoms. The number of nitrogens with zero attached hydrogens (tertiary/aromatic N) is 1. The molecule has 0 spiro atoms. The summed E-state index contributed by atoms with van der Waals surface area (Å²) in [5.41, 5.74) is -0.345. The molecule has 0 aliphatic rings. The van der Waals surface area contributed by atoms with E-state index in [4.69, 9.17) is 9.53 Å². The van der Waals surface area contributed by atoms with Crippen LogP contribution in [0, 0.1) is 0 Å². The van der Waals surface area contributed by atoms with Crippen LogP contribution in [0.3, 0.4) is 0 Å². The van der Waals surface area contributed by atoms with Crippen molar-refractivity contribution in [3.8, 4) is 0 Å². The van der Waals surface area contributed by atoms with E-state index in [0.29, 0.717) is 6.61 Å². The molecule has 0 saturated heterocycles. The minimum Gasteiger partial charge on any atom is -0.465 e. The fourth-order valence-corrected chi connectivity index (χ4v) is 2.56. The van der Waals surface area contributed by atoms with Gasteiger partial charge in [-0.3, -0.25) is 0 Å². The summed E-state index contributed by atoms with van der Waals surface area (Å²) >= 11 is 0. The van der Waals surface area contributed by atoms with Gasteiger partial charge < -0.3 is 14.4 Å².